The highest BCUT2D eigenvalue weighted by Crippen LogP contribution is 2.13. The van der Waals surface area contributed by atoms with Gasteiger partial charge in [-0.1, -0.05) is 12.1 Å². The molecule has 1 unspecified atom stereocenters. The van der Waals surface area contributed by atoms with Gasteiger partial charge in [-0.3, -0.25) is 9.59 Å². The zero-order valence-corrected chi connectivity index (χ0v) is 15.3. The summed E-state index contributed by atoms with van der Waals surface area (Å²) in [5.41, 5.74) is 2.35. The third-order valence-electron chi connectivity index (χ3n) is 4.31. The van der Waals surface area contributed by atoms with Crippen molar-refractivity contribution < 1.29 is 18.9 Å². The predicted molar refractivity (Wildman–Crippen MR) is 101 cm³/mol. The first-order chi connectivity index (χ1) is 12.4. The third kappa shape index (κ3) is 5.67. The van der Waals surface area contributed by atoms with Crippen LogP contribution in [0.3, 0.4) is 0 Å². The maximum absolute atomic E-state index is 13.1. The lowest BCUT2D eigenvalue weighted by Crippen LogP contribution is -3.12. The van der Waals surface area contributed by atoms with Crippen LogP contribution in [0.2, 0.25) is 0 Å². The van der Waals surface area contributed by atoms with Crippen LogP contribution in [0.15, 0.2) is 48.5 Å². The quantitative estimate of drug-likeness (QED) is 0.712. The first-order valence-electron chi connectivity index (χ1n) is 8.66. The first kappa shape index (κ1) is 19.6. The number of halogens is 1. The summed E-state index contributed by atoms with van der Waals surface area (Å²) in [5, 5.41) is 5.55. The maximum atomic E-state index is 13.1. The molecule has 138 valence electrons. The molecular formula is C20H25FN3O2+. The second kappa shape index (κ2) is 9.10. The topological polar surface area (TPSA) is 62.6 Å². The lowest BCUT2D eigenvalue weighted by Gasteiger charge is -2.24. The van der Waals surface area contributed by atoms with E-state index in [1.807, 2.05) is 13.8 Å². The summed E-state index contributed by atoms with van der Waals surface area (Å²) in [6.07, 6.45) is 0. The number of rotatable bonds is 7. The van der Waals surface area contributed by atoms with Crippen LogP contribution < -0.4 is 15.5 Å². The van der Waals surface area contributed by atoms with Gasteiger partial charge in [0.15, 0.2) is 6.54 Å². The summed E-state index contributed by atoms with van der Waals surface area (Å²) in [7, 11) is 0. The van der Waals surface area contributed by atoms with Crippen LogP contribution in [0.1, 0.15) is 32.4 Å². The fraction of sp³-hybridized carbons (Fsp3) is 0.300. The monoisotopic (exact) mass is 358 g/mol. The SMILES string of the molecule is CC[NH+](CC(=O)Nc1ccc(NC(C)=O)cc1)[C@H](C)c1ccc(F)cc1. The Hall–Kier alpha value is -2.73. The molecule has 0 aliphatic rings. The van der Waals surface area contributed by atoms with Crippen LogP contribution in [-0.4, -0.2) is 24.9 Å². The van der Waals surface area contributed by atoms with Crippen LogP contribution in [0, 0.1) is 5.82 Å². The van der Waals surface area contributed by atoms with Crippen molar-refractivity contribution in [3.63, 3.8) is 0 Å². The molecule has 2 aromatic rings. The molecule has 0 heterocycles. The second-order valence-electron chi connectivity index (χ2n) is 6.27. The highest BCUT2D eigenvalue weighted by molar-refractivity contribution is 5.92. The number of quaternary nitrogens is 1. The number of benzene rings is 2. The molecule has 2 amide bonds. The molecule has 0 bridgehead atoms. The molecule has 0 spiro atoms. The van der Waals surface area contributed by atoms with Gasteiger partial charge in [0.05, 0.1) is 6.54 Å². The van der Waals surface area contributed by atoms with Crippen LogP contribution in [0.5, 0.6) is 0 Å². The zero-order valence-electron chi connectivity index (χ0n) is 15.3. The van der Waals surface area contributed by atoms with E-state index in [9.17, 15) is 14.0 Å². The first-order valence-corrected chi connectivity index (χ1v) is 8.66. The standard InChI is InChI=1S/C20H24FN3O2/c1-4-24(14(2)16-5-7-17(21)8-6-16)13-20(26)23-19-11-9-18(10-12-19)22-15(3)25/h5-12,14H,4,13H2,1-3H3,(H,22,25)(H,23,26)/p+1/t14-/m1/s1. The van der Waals surface area contributed by atoms with Crippen molar-refractivity contribution in [3.8, 4) is 0 Å². The summed E-state index contributed by atoms with van der Waals surface area (Å²) < 4.78 is 13.1. The molecule has 0 radical (unpaired) electrons. The molecule has 2 rings (SSSR count). The fourth-order valence-electron chi connectivity index (χ4n) is 2.82. The van der Waals surface area contributed by atoms with Crippen LogP contribution >= 0.6 is 0 Å². The molecule has 0 aliphatic heterocycles. The van der Waals surface area contributed by atoms with E-state index in [0.29, 0.717) is 17.9 Å². The minimum Gasteiger partial charge on any atom is -0.326 e. The van der Waals surface area contributed by atoms with Crippen LogP contribution in [0.4, 0.5) is 15.8 Å². The molecule has 2 atom stereocenters. The van der Waals surface area contributed by atoms with Gasteiger partial charge >= 0.3 is 0 Å². The molecule has 2 aromatic carbocycles. The van der Waals surface area contributed by atoms with Gasteiger partial charge in [-0.05, 0) is 50.2 Å². The lowest BCUT2D eigenvalue weighted by molar-refractivity contribution is -0.920. The van der Waals surface area contributed by atoms with Crippen molar-refractivity contribution in [1.29, 1.82) is 0 Å². The number of nitrogens with one attached hydrogen (secondary N) is 3. The fourth-order valence-corrected chi connectivity index (χ4v) is 2.82. The maximum Gasteiger partial charge on any atom is 0.279 e. The third-order valence-corrected chi connectivity index (χ3v) is 4.31. The Kier molecular flexibility index (Phi) is 6.86. The minimum absolute atomic E-state index is 0.0773. The average molecular weight is 358 g/mol. The van der Waals surface area contributed by atoms with E-state index >= 15 is 0 Å². The van der Waals surface area contributed by atoms with Crippen molar-refractivity contribution in [2.24, 2.45) is 0 Å². The van der Waals surface area contributed by atoms with Crippen LogP contribution in [0.25, 0.3) is 0 Å². The Bertz CT molecular complexity index is 745. The lowest BCUT2D eigenvalue weighted by atomic mass is 10.1. The van der Waals surface area contributed by atoms with Crippen molar-refractivity contribution >= 4 is 23.2 Å². The normalized spacial score (nSPS) is 12.9. The second-order valence-corrected chi connectivity index (χ2v) is 6.27. The van der Waals surface area contributed by atoms with Crippen molar-refractivity contribution in [3.05, 3.63) is 59.9 Å². The van der Waals surface area contributed by atoms with Gasteiger partial charge in [-0.15, -0.1) is 0 Å². The van der Waals surface area contributed by atoms with E-state index in [-0.39, 0.29) is 23.7 Å². The summed E-state index contributed by atoms with van der Waals surface area (Å²) >= 11 is 0. The molecule has 5 nitrogen and oxygen atoms in total. The Morgan fingerprint density at radius 1 is 1.00 bits per heavy atom. The predicted octanol–water partition coefficient (Wildman–Crippen LogP) is 2.39. The molecular weight excluding hydrogens is 333 g/mol. The van der Waals surface area contributed by atoms with Crippen LogP contribution in [-0.2, 0) is 9.59 Å². The van der Waals surface area contributed by atoms with Gasteiger partial charge < -0.3 is 15.5 Å². The van der Waals surface area contributed by atoms with Gasteiger partial charge in [0.25, 0.3) is 5.91 Å². The molecule has 0 saturated heterocycles. The van der Waals surface area contributed by atoms with Gasteiger partial charge in [0, 0.05) is 23.9 Å². The largest absolute Gasteiger partial charge is 0.326 e. The molecule has 0 fully saturated rings. The molecule has 26 heavy (non-hydrogen) atoms. The van der Waals surface area contributed by atoms with Gasteiger partial charge in [0.1, 0.15) is 11.9 Å². The van der Waals surface area contributed by atoms with E-state index in [2.05, 4.69) is 10.6 Å². The van der Waals surface area contributed by atoms with Gasteiger partial charge in [-0.25, -0.2) is 4.39 Å². The highest BCUT2D eigenvalue weighted by atomic mass is 19.1. The van der Waals surface area contributed by atoms with Crippen molar-refractivity contribution in [1.82, 2.24) is 0 Å². The van der Waals surface area contributed by atoms with Crippen molar-refractivity contribution in [2.75, 3.05) is 23.7 Å². The summed E-state index contributed by atoms with van der Waals surface area (Å²) in [6.45, 7) is 6.57. The number of hydrogen-bond acceptors (Lipinski definition) is 2. The van der Waals surface area contributed by atoms with E-state index in [4.69, 9.17) is 0 Å². The number of carbonyl (C=O) groups excluding carboxylic acids is 2. The molecule has 6 heteroatoms. The number of amides is 2. The minimum atomic E-state index is -0.264. The smallest absolute Gasteiger partial charge is 0.279 e. The number of hydrogen-bond donors (Lipinski definition) is 3. The Labute approximate surface area is 153 Å². The Morgan fingerprint density at radius 2 is 1.54 bits per heavy atom. The Morgan fingerprint density at radius 3 is 2.04 bits per heavy atom. The molecule has 0 aliphatic carbocycles. The zero-order chi connectivity index (χ0) is 19.1. The number of anilines is 2. The number of likely N-dealkylation sites (N-methyl/N-ethyl adjacent to an activating group) is 1. The summed E-state index contributed by atoms with van der Waals surface area (Å²) in [5.74, 6) is -0.499. The number of carbonyl (C=O) groups is 2. The average Bonchev–Trinajstić information content (AvgIpc) is 2.61. The summed E-state index contributed by atoms with van der Waals surface area (Å²) in [4.78, 5) is 24.5. The summed E-state index contributed by atoms with van der Waals surface area (Å²) in [6, 6.07) is 13.4. The van der Waals surface area contributed by atoms with Crippen molar-refractivity contribution in [2.45, 2.75) is 26.8 Å². The van der Waals surface area contributed by atoms with E-state index in [1.165, 1.54) is 19.1 Å². The van der Waals surface area contributed by atoms with Gasteiger partial charge in [0.2, 0.25) is 5.91 Å². The molecule has 3 N–H and O–H groups in total. The van der Waals surface area contributed by atoms with E-state index in [0.717, 1.165) is 17.0 Å². The van der Waals surface area contributed by atoms with E-state index in [1.54, 1.807) is 36.4 Å². The molecule has 0 aromatic heterocycles. The Balaban J connectivity index is 1.96. The highest BCUT2D eigenvalue weighted by Gasteiger charge is 2.21. The molecule has 0 saturated carbocycles. The van der Waals surface area contributed by atoms with Gasteiger partial charge in [-0.2, -0.15) is 0 Å². The van der Waals surface area contributed by atoms with E-state index < -0.39 is 0 Å².